The van der Waals surface area contributed by atoms with Gasteiger partial charge in [0.15, 0.2) is 0 Å². The second-order valence-electron chi connectivity index (χ2n) is 5.20. The standard InChI is InChI=1S/C19H17N3O3/c1-2-13-6-8-16(9-7-13)21-12-15(11-20)18(23)22-17-5-3-4-14(10-17)19(24)25/h3-10,12,21H,2H2,1H3,(H,22,23)(H,24,25)/b15-12-. The number of carboxylic acid groups (broad SMARTS) is 1. The highest BCUT2D eigenvalue weighted by atomic mass is 16.4. The van der Waals surface area contributed by atoms with E-state index < -0.39 is 11.9 Å². The Morgan fingerprint density at radius 1 is 1.16 bits per heavy atom. The smallest absolute Gasteiger partial charge is 0.335 e. The zero-order chi connectivity index (χ0) is 18.2. The molecule has 3 N–H and O–H groups in total. The maximum atomic E-state index is 12.2. The summed E-state index contributed by atoms with van der Waals surface area (Å²) in [7, 11) is 0. The summed E-state index contributed by atoms with van der Waals surface area (Å²) in [6, 6.07) is 15.3. The van der Waals surface area contributed by atoms with Gasteiger partial charge in [0, 0.05) is 17.6 Å². The Kier molecular flexibility index (Phi) is 5.91. The van der Waals surface area contributed by atoms with Crippen molar-refractivity contribution in [2.24, 2.45) is 0 Å². The van der Waals surface area contributed by atoms with Crippen LogP contribution in [-0.4, -0.2) is 17.0 Å². The number of amides is 1. The SMILES string of the molecule is CCc1ccc(N/C=C(/C#N)C(=O)Nc2cccc(C(=O)O)c2)cc1. The molecular weight excluding hydrogens is 318 g/mol. The molecule has 0 bridgehead atoms. The van der Waals surface area contributed by atoms with E-state index in [0.29, 0.717) is 5.69 Å². The van der Waals surface area contributed by atoms with Gasteiger partial charge in [0.05, 0.1) is 5.56 Å². The lowest BCUT2D eigenvalue weighted by molar-refractivity contribution is -0.112. The van der Waals surface area contributed by atoms with E-state index in [1.807, 2.05) is 30.3 Å². The molecule has 0 aliphatic heterocycles. The monoisotopic (exact) mass is 335 g/mol. The predicted molar refractivity (Wildman–Crippen MR) is 95.2 cm³/mol. The van der Waals surface area contributed by atoms with Crippen LogP contribution in [0.3, 0.4) is 0 Å². The van der Waals surface area contributed by atoms with Crippen LogP contribution in [0.5, 0.6) is 0 Å². The van der Waals surface area contributed by atoms with Crippen molar-refractivity contribution in [1.82, 2.24) is 0 Å². The Hall–Kier alpha value is -3.59. The maximum Gasteiger partial charge on any atom is 0.335 e. The molecule has 6 nitrogen and oxygen atoms in total. The number of carboxylic acids is 1. The van der Waals surface area contributed by atoms with Gasteiger partial charge in [-0.2, -0.15) is 5.26 Å². The quantitative estimate of drug-likeness (QED) is 0.554. The third kappa shape index (κ3) is 4.94. The second-order valence-corrected chi connectivity index (χ2v) is 5.20. The van der Waals surface area contributed by atoms with Gasteiger partial charge in [-0.1, -0.05) is 25.1 Å². The van der Waals surface area contributed by atoms with Crippen molar-refractivity contribution in [1.29, 1.82) is 5.26 Å². The second kappa shape index (κ2) is 8.31. The first-order valence-electron chi connectivity index (χ1n) is 7.64. The highest BCUT2D eigenvalue weighted by Gasteiger charge is 2.10. The van der Waals surface area contributed by atoms with Crippen LogP contribution in [0, 0.1) is 11.3 Å². The molecule has 0 atom stereocenters. The van der Waals surface area contributed by atoms with E-state index in [0.717, 1.165) is 12.1 Å². The predicted octanol–water partition coefficient (Wildman–Crippen LogP) is 3.41. The molecular formula is C19H17N3O3. The van der Waals surface area contributed by atoms with Crippen molar-refractivity contribution >= 4 is 23.3 Å². The summed E-state index contributed by atoms with van der Waals surface area (Å²) in [6.07, 6.45) is 2.24. The molecule has 2 aromatic carbocycles. The Morgan fingerprint density at radius 3 is 2.48 bits per heavy atom. The average Bonchev–Trinajstić information content (AvgIpc) is 2.63. The van der Waals surface area contributed by atoms with Gasteiger partial charge in [-0.3, -0.25) is 4.79 Å². The number of nitrogens with one attached hydrogen (secondary N) is 2. The number of hydrogen-bond donors (Lipinski definition) is 3. The molecule has 0 aliphatic rings. The summed E-state index contributed by atoms with van der Waals surface area (Å²) in [4.78, 5) is 23.1. The lowest BCUT2D eigenvalue weighted by Gasteiger charge is -2.06. The van der Waals surface area contributed by atoms with Crippen molar-refractivity contribution in [3.05, 3.63) is 71.4 Å². The fourth-order valence-corrected chi connectivity index (χ4v) is 2.07. The number of rotatable bonds is 6. The molecule has 0 unspecified atom stereocenters. The summed E-state index contributed by atoms with van der Waals surface area (Å²) in [5.74, 6) is -1.72. The number of carbonyl (C=O) groups excluding carboxylic acids is 1. The van der Waals surface area contributed by atoms with Gasteiger partial charge in [-0.05, 0) is 42.3 Å². The number of carbonyl (C=O) groups is 2. The lowest BCUT2D eigenvalue weighted by atomic mass is 10.1. The van der Waals surface area contributed by atoms with Crippen LogP contribution >= 0.6 is 0 Å². The van der Waals surface area contributed by atoms with E-state index in [9.17, 15) is 9.59 Å². The molecule has 2 aromatic rings. The zero-order valence-corrected chi connectivity index (χ0v) is 13.6. The van der Waals surface area contributed by atoms with Gasteiger partial charge in [-0.15, -0.1) is 0 Å². The average molecular weight is 335 g/mol. The van der Waals surface area contributed by atoms with Crippen LogP contribution in [0.15, 0.2) is 60.3 Å². The first kappa shape index (κ1) is 17.8. The molecule has 0 saturated heterocycles. The highest BCUT2D eigenvalue weighted by molar-refractivity contribution is 6.07. The first-order chi connectivity index (χ1) is 12.0. The molecule has 0 spiro atoms. The summed E-state index contributed by atoms with van der Waals surface area (Å²) in [5, 5.41) is 23.5. The minimum atomic E-state index is -1.09. The van der Waals surface area contributed by atoms with Crippen LogP contribution in [0.1, 0.15) is 22.8 Å². The van der Waals surface area contributed by atoms with Crippen LogP contribution in [0.4, 0.5) is 11.4 Å². The largest absolute Gasteiger partial charge is 0.478 e. The topological polar surface area (TPSA) is 102 Å². The molecule has 0 aromatic heterocycles. The maximum absolute atomic E-state index is 12.2. The number of anilines is 2. The van der Waals surface area contributed by atoms with Crippen LogP contribution < -0.4 is 10.6 Å². The van der Waals surface area contributed by atoms with Gasteiger partial charge in [0.2, 0.25) is 0 Å². The lowest BCUT2D eigenvalue weighted by Crippen LogP contribution is -2.15. The van der Waals surface area contributed by atoms with E-state index in [-0.39, 0.29) is 11.1 Å². The Balaban J connectivity index is 2.08. The summed E-state index contributed by atoms with van der Waals surface area (Å²) < 4.78 is 0. The first-order valence-corrected chi connectivity index (χ1v) is 7.64. The minimum Gasteiger partial charge on any atom is -0.478 e. The van der Waals surface area contributed by atoms with E-state index >= 15 is 0 Å². The highest BCUT2D eigenvalue weighted by Crippen LogP contribution is 2.13. The number of benzene rings is 2. The molecule has 6 heteroatoms. The zero-order valence-electron chi connectivity index (χ0n) is 13.6. The van der Waals surface area contributed by atoms with Gasteiger partial charge >= 0.3 is 5.97 Å². The molecule has 2 rings (SSSR count). The van der Waals surface area contributed by atoms with Crippen molar-refractivity contribution in [2.75, 3.05) is 10.6 Å². The van der Waals surface area contributed by atoms with Gasteiger partial charge in [0.25, 0.3) is 5.91 Å². The number of nitrogens with zero attached hydrogens (tertiary/aromatic N) is 1. The fourth-order valence-electron chi connectivity index (χ4n) is 2.07. The molecule has 126 valence electrons. The minimum absolute atomic E-state index is 0.0504. The third-order valence-corrected chi connectivity index (χ3v) is 3.48. The van der Waals surface area contributed by atoms with Crippen molar-refractivity contribution in [3.8, 4) is 6.07 Å². The normalized spacial score (nSPS) is 10.6. The molecule has 1 amide bonds. The van der Waals surface area contributed by atoms with E-state index in [1.165, 1.54) is 30.0 Å². The summed E-state index contributed by atoms with van der Waals surface area (Å²) in [5.41, 5.74) is 2.17. The number of aromatic carboxylic acids is 1. The molecule has 0 aliphatic carbocycles. The van der Waals surface area contributed by atoms with Crippen LogP contribution in [0.25, 0.3) is 0 Å². The summed E-state index contributed by atoms with van der Waals surface area (Å²) >= 11 is 0. The Morgan fingerprint density at radius 2 is 1.88 bits per heavy atom. The van der Waals surface area contributed by atoms with Crippen molar-refractivity contribution in [3.63, 3.8) is 0 Å². The molecule has 0 heterocycles. The van der Waals surface area contributed by atoms with Crippen molar-refractivity contribution < 1.29 is 14.7 Å². The van der Waals surface area contributed by atoms with Gasteiger partial charge in [0.1, 0.15) is 11.6 Å². The Labute approximate surface area is 145 Å². The van der Waals surface area contributed by atoms with E-state index in [2.05, 4.69) is 17.6 Å². The van der Waals surface area contributed by atoms with E-state index in [4.69, 9.17) is 10.4 Å². The Bertz CT molecular complexity index is 849. The molecule has 0 saturated carbocycles. The van der Waals surface area contributed by atoms with Crippen LogP contribution in [-0.2, 0) is 11.2 Å². The fraction of sp³-hybridized carbons (Fsp3) is 0.105. The number of hydrogen-bond acceptors (Lipinski definition) is 4. The van der Waals surface area contributed by atoms with Crippen LogP contribution in [0.2, 0.25) is 0 Å². The molecule has 0 fully saturated rings. The van der Waals surface area contributed by atoms with E-state index in [1.54, 1.807) is 6.07 Å². The number of aryl methyl sites for hydroxylation is 1. The van der Waals surface area contributed by atoms with Gasteiger partial charge in [-0.25, -0.2) is 4.79 Å². The molecule has 25 heavy (non-hydrogen) atoms. The third-order valence-electron chi connectivity index (χ3n) is 3.48. The van der Waals surface area contributed by atoms with Gasteiger partial charge < -0.3 is 15.7 Å². The molecule has 0 radical (unpaired) electrons. The van der Waals surface area contributed by atoms with Crippen molar-refractivity contribution in [2.45, 2.75) is 13.3 Å². The number of nitriles is 1. The summed E-state index contributed by atoms with van der Waals surface area (Å²) in [6.45, 7) is 2.06.